The van der Waals surface area contributed by atoms with Crippen molar-refractivity contribution in [2.24, 2.45) is 0 Å². The van der Waals surface area contributed by atoms with Crippen molar-refractivity contribution in [3.63, 3.8) is 0 Å². The van der Waals surface area contributed by atoms with Crippen molar-refractivity contribution >= 4 is 17.7 Å². The van der Waals surface area contributed by atoms with E-state index >= 15 is 0 Å². The Bertz CT molecular complexity index is 1310. The van der Waals surface area contributed by atoms with E-state index in [1.54, 1.807) is 36.4 Å². The van der Waals surface area contributed by atoms with Gasteiger partial charge in [0.05, 0.1) is 18.2 Å². The average molecular weight is 452 g/mol. The normalized spacial score (nSPS) is 10.7. The van der Waals surface area contributed by atoms with Gasteiger partial charge in [0.15, 0.2) is 11.5 Å². The van der Waals surface area contributed by atoms with E-state index in [9.17, 15) is 15.3 Å². The Morgan fingerprint density at radius 2 is 1.76 bits per heavy atom. The molecule has 0 radical (unpaired) electrons. The van der Waals surface area contributed by atoms with Gasteiger partial charge in [0, 0.05) is 11.3 Å². The monoisotopic (exact) mass is 451 g/mol. The van der Waals surface area contributed by atoms with E-state index in [1.165, 1.54) is 6.08 Å². The van der Waals surface area contributed by atoms with Crippen molar-refractivity contribution in [2.75, 3.05) is 11.9 Å². The highest BCUT2D eigenvalue weighted by Crippen LogP contribution is 2.30. The number of carbonyl (C=O) groups is 1. The Morgan fingerprint density at radius 3 is 2.47 bits per heavy atom. The SMILES string of the molecule is CCOc1cc(/C=C(\C#N)C(=O)Nc2ccc(C)c(C)c2)ccc1OCc1ccccc1C#N. The van der Waals surface area contributed by atoms with Crippen molar-refractivity contribution in [3.8, 4) is 23.6 Å². The maximum absolute atomic E-state index is 12.7. The highest BCUT2D eigenvalue weighted by Gasteiger charge is 2.12. The van der Waals surface area contributed by atoms with Crippen LogP contribution in [0.15, 0.2) is 66.2 Å². The van der Waals surface area contributed by atoms with Crippen molar-refractivity contribution in [3.05, 3.63) is 94.1 Å². The van der Waals surface area contributed by atoms with Crippen LogP contribution in [0.1, 0.15) is 34.7 Å². The molecule has 0 heterocycles. The molecular formula is C28H25N3O3. The van der Waals surface area contributed by atoms with Gasteiger partial charge in [0.2, 0.25) is 0 Å². The average Bonchev–Trinajstić information content (AvgIpc) is 2.84. The molecule has 34 heavy (non-hydrogen) atoms. The molecule has 3 aromatic carbocycles. The molecule has 3 aromatic rings. The first-order valence-electron chi connectivity index (χ1n) is 10.8. The standard InChI is InChI=1S/C28H25N3O3/c1-4-33-27-15-21(10-12-26(27)34-18-23-8-6-5-7-22(23)16-29)14-24(17-30)28(32)31-25-11-9-19(2)20(3)13-25/h5-15H,4,18H2,1-3H3,(H,31,32)/b24-14+. The largest absolute Gasteiger partial charge is 0.490 e. The number of hydrogen-bond donors (Lipinski definition) is 1. The first kappa shape index (κ1) is 24.1. The highest BCUT2D eigenvalue weighted by molar-refractivity contribution is 6.09. The molecule has 0 aromatic heterocycles. The number of benzene rings is 3. The van der Waals surface area contributed by atoms with E-state index in [2.05, 4.69) is 11.4 Å². The summed E-state index contributed by atoms with van der Waals surface area (Å²) in [6.07, 6.45) is 1.51. The van der Waals surface area contributed by atoms with Crippen LogP contribution in [0.2, 0.25) is 0 Å². The number of aryl methyl sites for hydroxylation is 2. The molecule has 170 valence electrons. The minimum Gasteiger partial charge on any atom is -0.490 e. The van der Waals surface area contributed by atoms with Gasteiger partial charge in [-0.05, 0) is 73.9 Å². The summed E-state index contributed by atoms with van der Waals surface area (Å²) >= 11 is 0. The summed E-state index contributed by atoms with van der Waals surface area (Å²) in [4.78, 5) is 12.7. The summed E-state index contributed by atoms with van der Waals surface area (Å²) < 4.78 is 11.6. The van der Waals surface area contributed by atoms with Crippen LogP contribution in [0.25, 0.3) is 6.08 Å². The molecule has 0 saturated carbocycles. The van der Waals surface area contributed by atoms with Gasteiger partial charge in [-0.2, -0.15) is 10.5 Å². The molecule has 0 saturated heterocycles. The molecule has 3 rings (SSSR count). The number of carbonyl (C=O) groups excluding carboxylic acids is 1. The summed E-state index contributed by atoms with van der Waals surface area (Å²) in [6, 6.07) is 22.1. The fourth-order valence-electron chi connectivity index (χ4n) is 3.25. The number of nitrogens with one attached hydrogen (secondary N) is 1. The van der Waals surface area contributed by atoms with Crippen molar-refractivity contribution < 1.29 is 14.3 Å². The van der Waals surface area contributed by atoms with E-state index in [1.807, 2.05) is 51.1 Å². The first-order chi connectivity index (χ1) is 16.4. The van der Waals surface area contributed by atoms with Crippen LogP contribution in [0.4, 0.5) is 5.69 Å². The summed E-state index contributed by atoms with van der Waals surface area (Å²) in [5.74, 6) is 0.500. The molecule has 0 unspecified atom stereocenters. The molecule has 6 heteroatoms. The molecule has 1 amide bonds. The Morgan fingerprint density at radius 1 is 0.971 bits per heavy atom. The van der Waals surface area contributed by atoms with E-state index < -0.39 is 5.91 Å². The summed E-state index contributed by atoms with van der Waals surface area (Å²) in [5.41, 5.74) is 4.72. The lowest BCUT2D eigenvalue weighted by atomic mass is 10.1. The number of ether oxygens (including phenoxy) is 2. The van der Waals surface area contributed by atoms with E-state index in [-0.39, 0.29) is 12.2 Å². The molecular weight excluding hydrogens is 426 g/mol. The summed E-state index contributed by atoms with van der Waals surface area (Å²) in [5, 5.41) is 21.6. The minimum absolute atomic E-state index is 0.0303. The molecule has 6 nitrogen and oxygen atoms in total. The second-order valence-electron chi connectivity index (χ2n) is 7.62. The maximum Gasteiger partial charge on any atom is 0.266 e. The van der Waals surface area contributed by atoms with Crippen LogP contribution in [-0.2, 0) is 11.4 Å². The Kier molecular flexibility index (Phi) is 8.05. The van der Waals surface area contributed by atoms with Gasteiger partial charge >= 0.3 is 0 Å². The van der Waals surface area contributed by atoms with Gasteiger partial charge in [0.1, 0.15) is 18.2 Å². The number of hydrogen-bond acceptors (Lipinski definition) is 5. The fraction of sp³-hybridized carbons (Fsp3) is 0.179. The Balaban J connectivity index is 1.80. The lowest BCUT2D eigenvalue weighted by Gasteiger charge is -2.13. The first-order valence-corrected chi connectivity index (χ1v) is 10.8. The summed E-state index contributed by atoms with van der Waals surface area (Å²) in [6.45, 7) is 6.43. The van der Waals surface area contributed by atoms with Crippen LogP contribution in [0.3, 0.4) is 0 Å². The molecule has 0 bridgehead atoms. The van der Waals surface area contributed by atoms with Gasteiger partial charge in [-0.3, -0.25) is 4.79 Å². The molecule has 0 aliphatic carbocycles. The van der Waals surface area contributed by atoms with Crippen molar-refractivity contribution in [1.29, 1.82) is 10.5 Å². The number of nitrogens with zero attached hydrogens (tertiary/aromatic N) is 2. The number of amides is 1. The van der Waals surface area contributed by atoms with Gasteiger partial charge in [-0.25, -0.2) is 0 Å². The van der Waals surface area contributed by atoms with Gasteiger partial charge < -0.3 is 14.8 Å². The zero-order chi connectivity index (χ0) is 24.5. The zero-order valence-corrected chi connectivity index (χ0v) is 19.4. The van der Waals surface area contributed by atoms with E-state index in [0.29, 0.717) is 34.9 Å². The van der Waals surface area contributed by atoms with Crippen molar-refractivity contribution in [1.82, 2.24) is 0 Å². The number of anilines is 1. The highest BCUT2D eigenvalue weighted by atomic mass is 16.5. The van der Waals surface area contributed by atoms with Crippen LogP contribution >= 0.6 is 0 Å². The molecule has 0 aliphatic heterocycles. The lowest BCUT2D eigenvalue weighted by molar-refractivity contribution is -0.112. The van der Waals surface area contributed by atoms with Gasteiger partial charge in [0.25, 0.3) is 5.91 Å². The predicted molar refractivity (Wildman–Crippen MR) is 131 cm³/mol. The van der Waals surface area contributed by atoms with Crippen LogP contribution in [0, 0.1) is 36.5 Å². The molecule has 0 fully saturated rings. The summed E-state index contributed by atoms with van der Waals surface area (Å²) in [7, 11) is 0. The van der Waals surface area contributed by atoms with Crippen LogP contribution in [-0.4, -0.2) is 12.5 Å². The molecule has 0 atom stereocenters. The van der Waals surface area contributed by atoms with Crippen LogP contribution in [0.5, 0.6) is 11.5 Å². The zero-order valence-electron chi connectivity index (χ0n) is 19.4. The fourth-order valence-corrected chi connectivity index (χ4v) is 3.25. The second kappa shape index (κ2) is 11.4. The predicted octanol–water partition coefficient (Wildman–Crippen LogP) is 5.70. The van der Waals surface area contributed by atoms with Crippen molar-refractivity contribution in [2.45, 2.75) is 27.4 Å². The minimum atomic E-state index is -0.489. The number of nitriles is 2. The lowest BCUT2D eigenvalue weighted by Crippen LogP contribution is -2.13. The van der Waals surface area contributed by atoms with Crippen LogP contribution < -0.4 is 14.8 Å². The third kappa shape index (κ3) is 6.03. The maximum atomic E-state index is 12.7. The molecule has 1 N–H and O–H groups in total. The molecule has 0 aliphatic rings. The third-order valence-electron chi connectivity index (χ3n) is 5.23. The quantitative estimate of drug-likeness (QED) is 0.350. The van der Waals surface area contributed by atoms with E-state index in [4.69, 9.17) is 9.47 Å². The third-order valence-corrected chi connectivity index (χ3v) is 5.23. The number of rotatable bonds is 8. The Hall–Kier alpha value is -4.55. The smallest absolute Gasteiger partial charge is 0.266 e. The Labute approximate surface area is 199 Å². The van der Waals surface area contributed by atoms with Gasteiger partial charge in [-0.1, -0.05) is 30.3 Å². The van der Waals surface area contributed by atoms with Gasteiger partial charge in [-0.15, -0.1) is 0 Å². The molecule has 0 spiro atoms. The second-order valence-corrected chi connectivity index (χ2v) is 7.62. The topological polar surface area (TPSA) is 95.1 Å². The van der Waals surface area contributed by atoms with E-state index in [0.717, 1.165) is 16.7 Å².